The van der Waals surface area contributed by atoms with Crippen LogP contribution in [0.4, 0.5) is 0 Å². The molecule has 1 aromatic rings. The van der Waals surface area contributed by atoms with E-state index in [-0.39, 0.29) is 5.91 Å². The average molecular weight is 263 g/mol. The van der Waals surface area contributed by atoms with Gasteiger partial charge in [0.05, 0.1) is 23.9 Å². The van der Waals surface area contributed by atoms with Gasteiger partial charge in [-0.25, -0.2) is 4.98 Å². The van der Waals surface area contributed by atoms with Crippen molar-refractivity contribution in [3.63, 3.8) is 0 Å². The molecule has 0 aromatic carbocycles. The molecule has 0 spiro atoms. The molecule has 6 heteroatoms. The van der Waals surface area contributed by atoms with Crippen molar-refractivity contribution in [1.29, 1.82) is 0 Å². The van der Waals surface area contributed by atoms with Gasteiger partial charge < -0.3 is 10.1 Å². The van der Waals surface area contributed by atoms with Gasteiger partial charge >= 0.3 is 0 Å². The molecule has 0 aliphatic heterocycles. The van der Waals surface area contributed by atoms with Crippen molar-refractivity contribution in [3.05, 3.63) is 15.6 Å². The summed E-state index contributed by atoms with van der Waals surface area (Å²) in [5, 5.41) is 3.68. The zero-order valence-electron chi connectivity index (χ0n) is 9.38. The van der Waals surface area contributed by atoms with E-state index in [0.29, 0.717) is 30.5 Å². The molecule has 90 valence electrons. The second-order valence-corrected chi connectivity index (χ2v) is 4.79. The zero-order chi connectivity index (χ0) is 12.0. The van der Waals surface area contributed by atoms with E-state index in [0.717, 1.165) is 10.7 Å². The molecule has 1 rings (SSSR count). The fourth-order valence-electron chi connectivity index (χ4n) is 1.22. The molecule has 0 aliphatic carbocycles. The second-order valence-electron chi connectivity index (χ2n) is 3.20. The maximum Gasteiger partial charge on any atom is 0.263 e. The molecular formula is C10H15ClN2O2S. The first-order chi connectivity index (χ1) is 7.65. The van der Waals surface area contributed by atoms with Crippen molar-refractivity contribution in [2.75, 3.05) is 25.6 Å². The van der Waals surface area contributed by atoms with Crippen molar-refractivity contribution >= 4 is 28.8 Å². The number of amides is 1. The minimum Gasteiger partial charge on any atom is -0.378 e. The van der Waals surface area contributed by atoms with Gasteiger partial charge in [-0.2, -0.15) is 0 Å². The van der Waals surface area contributed by atoms with E-state index < -0.39 is 0 Å². The first-order valence-corrected chi connectivity index (χ1v) is 6.36. The number of carbonyl (C=O) groups is 1. The maximum absolute atomic E-state index is 11.7. The van der Waals surface area contributed by atoms with Crippen LogP contribution in [0, 0.1) is 13.8 Å². The van der Waals surface area contributed by atoms with Gasteiger partial charge in [0, 0.05) is 12.4 Å². The molecule has 1 aromatic heterocycles. The minimum atomic E-state index is -0.0856. The number of nitrogens with one attached hydrogen (secondary N) is 1. The summed E-state index contributed by atoms with van der Waals surface area (Å²) in [6.45, 7) is 5.21. The summed E-state index contributed by atoms with van der Waals surface area (Å²) in [7, 11) is 0. The summed E-state index contributed by atoms with van der Waals surface area (Å²) in [6.07, 6.45) is 0. The van der Waals surface area contributed by atoms with Gasteiger partial charge in [-0.1, -0.05) is 0 Å². The van der Waals surface area contributed by atoms with Crippen molar-refractivity contribution in [2.45, 2.75) is 13.8 Å². The molecule has 0 radical (unpaired) electrons. The Morgan fingerprint density at radius 1 is 1.50 bits per heavy atom. The van der Waals surface area contributed by atoms with Gasteiger partial charge in [0.15, 0.2) is 0 Å². The van der Waals surface area contributed by atoms with E-state index in [1.54, 1.807) is 0 Å². The second kappa shape index (κ2) is 6.83. The molecule has 0 aliphatic rings. The van der Waals surface area contributed by atoms with E-state index in [9.17, 15) is 4.79 Å². The number of ether oxygens (including phenoxy) is 1. The Balaban J connectivity index is 2.33. The molecule has 0 unspecified atom stereocenters. The number of hydrogen-bond donors (Lipinski definition) is 1. The minimum absolute atomic E-state index is 0.0856. The summed E-state index contributed by atoms with van der Waals surface area (Å²) < 4.78 is 5.15. The normalized spacial score (nSPS) is 10.4. The maximum atomic E-state index is 11.7. The van der Waals surface area contributed by atoms with Crippen molar-refractivity contribution < 1.29 is 9.53 Å². The molecule has 4 nitrogen and oxygen atoms in total. The van der Waals surface area contributed by atoms with E-state index in [4.69, 9.17) is 16.3 Å². The lowest BCUT2D eigenvalue weighted by Gasteiger charge is -2.04. The lowest BCUT2D eigenvalue weighted by molar-refractivity contribution is 0.0926. The smallest absolute Gasteiger partial charge is 0.263 e. The third-order valence-electron chi connectivity index (χ3n) is 1.86. The first-order valence-electron chi connectivity index (χ1n) is 5.01. The highest BCUT2D eigenvalue weighted by molar-refractivity contribution is 7.13. The summed E-state index contributed by atoms with van der Waals surface area (Å²) in [6, 6.07) is 0. The van der Waals surface area contributed by atoms with Crippen LogP contribution in [-0.4, -0.2) is 36.5 Å². The topological polar surface area (TPSA) is 51.2 Å². The van der Waals surface area contributed by atoms with Crippen molar-refractivity contribution in [2.24, 2.45) is 0 Å². The molecule has 0 atom stereocenters. The van der Waals surface area contributed by atoms with Gasteiger partial charge in [-0.3, -0.25) is 4.79 Å². The summed E-state index contributed by atoms with van der Waals surface area (Å²) in [5.41, 5.74) is 0.779. The van der Waals surface area contributed by atoms with Crippen LogP contribution >= 0.6 is 22.9 Å². The van der Waals surface area contributed by atoms with E-state index >= 15 is 0 Å². The number of rotatable bonds is 6. The quantitative estimate of drug-likeness (QED) is 0.628. The lowest BCUT2D eigenvalue weighted by Crippen LogP contribution is -2.27. The number of hydrogen-bond acceptors (Lipinski definition) is 4. The Labute approximate surface area is 104 Å². The largest absolute Gasteiger partial charge is 0.378 e. The van der Waals surface area contributed by atoms with Crippen LogP contribution in [0.15, 0.2) is 0 Å². The average Bonchev–Trinajstić information content (AvgIpc) is 2.57. The summed E-state index contributed by atoms with van der Waals surface area (Å²) in [4.78, 5) is 16.6. The van der Waals surface area contributed by atoms with Crippen LogP contribution in [0.5, 0.6) is 0 Å². The van der Waals surface area contributed by atoms with Crippen LogP contribution in [0.2, 0.25) is 0 Å². The number of carbonyl (C=O) groups excluding carboxylic acids is 1. The van der Waals surface area contributed by atoms with E-state index in [1.807, 2.05) is 13.8 Å². The highest BCUT2D eigenvalue weighted by Gasteiger charge is 2.12. The predicted octanol–water partition coefficient (Wildman–Crippen LogP) is 1.75. The predicted molar refractivity (Wildman–Crippen MR) is 65.5 cm³/mol. The molecule has 16 heavy (non-hydrogen) atoms. The number of alkyl halides is 1. The molecule has 1 amide bonds. The Bertz CT molecular complexity index is 355. The zero-order valence-corrected chi connectivity index (χ0v) is 11.0. The Morgan fingerprint density at radius 3 is 2.81 bits per heavy atom. The number of nitrogens with zero attached hydrogens (tertiary/aromatic N) is 1. The van der Waals surface area contributed by atoms with Gasteiger partial charge in [0.2, 0.25) is 0 Å². The highest BCUT2D eigenvalue weighted by atomic mass is 35.5. The Kier molecular flexibility index (Phi) is 5.73. The third-order valence-corrected chi connectivity index (χ3v) is 3.09. The molecule has 0 saturated heterocycles. The first kappa shape index (κ1) is 13.4. The molecule has 0 saturated carbocycles. The SMILES string of the molecule is Cc1nc(C)c(C(=O)NCCOCCCl)s1. The van der Waals surface area contributed by atoms with Crippen LogP contribution in [-0.2, 0) is 4.74 Å². The molecular weight excluding hydrogens is 248 g/mol. The lowest BCUT2D eigenvalue weighted by atomic mass is 10.4. The van der Waals surface area contributed by atoms with Crippen LogP contribution in [0.1, 0.15) is 20.4 Å². The fourth-order valence-corrected chi connectivity index (χ4v) is 2.16. The summed E-state index contributed by atoms with van der Waals surface area (Å²) >= 11 is 6.85. The molecule has 1 N–H and O–H groups in total. The van der Waals surface area contributed by atoms with Crippen LogP contribution in [0.3, 0.4) is 0 Å². The van der Waals surface area contributed by atoms with E-state index in [2.05, 4.69) is 10.3 Å². The van der Waals surface area contributed by atoms with Crippen LogP contribution in [0.25, 0.3) is 0 Å². The van der Waals surface area contributed by atoms with Crippen molar-refractivity contribution in [3.8, 4) is 0 Å². The standard InChI is InChI=1S/C10H15ClN2O2S/c1-7-9(16-8(2)13-7)10(14)12-4-6-15-5-3-11/h3-6H2,1-2H3,(H,12,14). The molecule has 1 heterocycles. The van der Waals surface area contributed by atoms with Crippen LogP contribution < -0.4 is 5.32 Å². The monoisotopic (exact) mass is 262 g/mol. The Hall–Kier alpha value is -0.650. The number of aryl methyl sites for hydroxylation is 2. The van der Waals surface area contributed by atoms with Gasteiger partial charge in [-0.15, -0.1) is 22.9 Å². The molecule has 0 bridgehead atoms. The third kappa shape index (κ3) is 4.08. The summed E-state index contributed by atoms with van der Waals surface area (Å²) in [5.74, 6) is 0.388. The number of thiazole rings is 1. The Morgan fingerprint density at radius 2 is 2.25 bits per heavy atom. The molecule has 0 fully saturated rings. The number of halogens is 1. The highest BCUT2D eigenvalue weighted by Crippen LogP contribution is 2.16. The van der Waals surface area contributed by atoms with E-state index in [1.165, 1.54) is 11.3 Å². The van der Waals surface area contributed by atoms with Gasteiger partial charge in [0.25, 0.3) is 5.91 Å². The van der Waals surface area contributed by atoms with Gasteiger partial charge in [0.1, 0.15) is 4.88 Å². The van der Waals surface area contributed by atoms with Crippen molar-refractivity contribution in [1.82, 2.24) is 10.3 Å². The van der Waals surface area contributed by atoms with Gasteiger partial charge in [-0.05, 0) is 13.8 Å². The fraction of sp³-hybridized carbons (Fsp3) is 0.600. The number of aromatic nitrogens is 1.